The molecule has 2 aliphatic rings. The van der Waals surface area contributed by atoms with Gasteiger partial charge in [-0.05, 0) is 37.0 Å². The van der Waals surface area contributed by atoms with Crippen molar-refractivity contribution in [3.8, 4) is 0 Å². The molecular weight excluding hydrogens is 394 g/mol. The minimum Gasteiger partial charge on any atom is -0.381 e. The first-order valence-electron chi connectivity index (χ1n) is 8.97. The van der Waals surface area contributed by atoms with E-state index >= 15 is 0 Å². The summed E-state index contributed by atoms with van der Waals surface area (Å²) in [5.41, 5.74) is 0.260. The van der Waals surface area contributed by atoms with Crippen molar-refractivity contribution in [2.24, 2.45) is 5.92 Å². The number of nitrogens with zero attached hydrogens (tertiary/aromatic N) is 1. The summed E-state index contributed by atoms with van der Waals surface area (Å²) in [6.07, 6.45) is 1.82. The highest BCUT2D eigenvalue weighted by Crippen LogP contribution is 2.27. The van der Waals surface area contributed by atoms with Crippen LogP contribution in [-0.2, 0) is 19.5 Å². The Morgan fingerprint density at radius 1 is 1.15 bits per heavy atom. The van der Waals surface area contributed by atoms with Gasteiger partial charge in [0.15, 0.2) is 0 Å². The molecule has 0 bridgehead atoms. The molecule has 27 heavy (non-hydrogen) atoms. The molecule has 0 unspecified atom stereocenters. The number of anilines is 1. The lowest BCUT2D eigenvalue weighted by Gasteiger charge is -2.26. The molecule has 1 aromatic carbocycles. The molecule has 1 aromatic rings. The van der Waals surface area contributed by atoms with Crippen LogP contribution in [0.5, 0.6) is 0 Å². The summed E-state index contributed by atoms with van der Waals surface area (Å²) in [6.45, 7) is 3.30. The minimum atomic E-state index is -3.66. The van der Waals surface area contributed by atoms with Crippen LogP contribution in [0.15, 0.2) is 23.1 Å². The average Bonchev–Trinajstić information content (AvgIpc) is 2.69. The van der Waals surface area contributed by atoms with Gasteiger partial charge in [-0.15, -0.1) is 0 Å². The number of morpholine rings is 1. The van der Waals surface area contributed by atoms with E-state index in [2.05, 4.69) is 10.6 Å². The van der Waals surface area contributed by atoms with Crippen molar-refractivity contribution in [3.05, 3.63) is 23.2 Å². The molecule has 2 saturated heterocycles. The molecule has 2 heterocycles. The summed E-state index contributed by atoms with van der Waals surface area (Å²) < 4.78 is 37.4. The minimum absolute atomic E-state index is 0.0912. The number of rotatable bonds is 5. The molecule has 10 heteroatoms. The molecule has 2 N–H and O–H groups in total. The fraction of sp³-hybridized carbons (Fsp3) is 0.588. The third-order valence-corrected chi connectivity index (χ3v) is 6.91. The largest absolute Gasteiger partial charge is 0.381 e. The lowest BCUT2D eigenvalue weighted by Crippen LogP contribution is -2.40. The maximum absolute atomic E-state index is 12.8. The Labute approximate surface area is 164 Å². The Morgan fingerprint density at radius 3 is 2.52 bits per heavy atom. The third-order valence-electron chi connectivity index (χ3n) is 4.69. The smallest absolute Gasteiger partial charge is 0.319 e. The Morgan fingerprint density at radius 2 is 1.81 bits per heavy atom. The van der Waals surface area contributed by atoms with Gasteiger partial charge in [0.25, 0.3) is 0 Å². The van der Waals surface area contributed by atoms with Gasteiger partial charge in [-0.2, -0.15) is 4.31 Å². The van der Waals surface area contributed by atoms with E-state index in [0.29, 0.717) is 52.0 Å². The summed E-state index contributed by atoms with van der Waals surface area (Å²) in [5.74, 6) is 0.382. The number of halogens is 1. The monoisotopic (exact) mass is 417 g/mol. The van der Waals surface area contributed by atoms with Crippen molar-refractivity contribution >= 4 is 33.3 Å². The zero-order valence-corrected chi connectivity index (χ0v) is 16.5. The Kier molecular flexibility index (Phi) is 6.93. The number of hydrogen-bond acceptors (Lipinski definition) is 5. The maximum atomic E-state index is 12.8. The number of hydrogen-bond donors (Lipinski definition) is 2. The number of nitrogens with one attached hydrogen (secondary N) is 2. The number of carbonyl (C=O) groups is 1. The second-order valence-corrected chi connectivity index (χ2v) is 8.89. The number of benzene rings is 1. The van der Waals surface area contributed by atoms with E-state index in [1.54, 1.807) is 0 Å². The van der Waals surface area contributed by atoms with Crippen LogP contribution in [0.1, 0.15) is 12.8 Å². The molecule has 2 aliphatic heterocycles. The molecule has 2 amide bonds. The van der Waals surface area contributed by atoms with E-state index < -0.39 is 16.1 Å². The van der Waals surface area contributed by atoms with Crippen LogP contribution in [0.3, 0.4) is 0 Å². The van der Waals surface area contributed by atoms with Crippen LogP contribution in [0.4, 0.5) is 10.5 Å². The number of ether oxygens (including phenoxy) is 2. The fourth-order valence-electron chi connectivity index (χ4n) is 3.05. The highest BCUT2D eigenvalue weighted by atomic mass is 35.5. The highest BCUT2D eigenvalue weighted by molar-refractivity contribution is 7.89. The lowest BCUT2D eigenvalue weighted by atomic mass is 10.0. The standard InChI is InChI=1S/C17H24ClN3O5S/c18-15-2-1-14(27(23,24)21-5-9-26-10-6-21)11-16(15)20-17(22)19-12-13-3-7-25-8-4-13/h1-2,11,13H,3-10,12H2,(H2,19,20,22). The fourth-order valence-corrected chi connectivity index (χ4v) is 4.65. The first kappa shape index (κ1) is 20.3. The van der Waals surface area contributed by atoms with Crippen LogP contribution in [0, 0.1) is 5.92 Å². The van der Waals surface area contributed by atoms with E-state index in [1.165, 1.54) is 22.5 Å². The Hall–Kier alpha value is -1.39. The highest BCUT2D eigenvalue weighted by Gasteiger charge is 2.27. The van der Waals surface area contributed by atoms with E-state index in [1.807, 2.05) is 0 Å². The van der Waals surface area contributed by atoms with Crippen LogP contribution in [0.25, 0.3) is 0 Å². The van der Waals surface area contributed by atoms with Gasteiger partial charge in [-0.1, -0.05) is 11.6 Å². The quantitative estimate of drug-likeness (QED) is 0.762. The van der Waals surface area contributed by atoms with E-state index in [9.17, 15) is 13.2 Å². The number of urea groups is 1. The molecule has 2 fully saturated rings. The number of amides is 2. The van der Waals surface area contributed by atoms with Gasteiger partial charge in [-0.25, -0.2) is 13.2 Å². The predicted octanol–water partition coefficient (Wildman–Crippen LogP) is 1.91. The van der Waals surface area contributed by atoms with Crippen LogP contribution >= 0.6 is 11.6 Å². The molecule has 0 aromatic heterocycles. The third kappa shape index (κ3) is 5.32. The molecule has 0 saturated carbocycles. The lowest BCUT2D eigenvalue weighted by molar-refractivity contribution is 0.0671. The summed E-state index contributed by atoms with van der Waals surface area (Å²) >= 11 is 6.14. The molecular formula is C17H24ClN3O5S. The molecule has 0 radical (unpaired) electrons. The molecule has 150 valence electrons. The van der Waals surface area contributed by atoms with E-state index in [-0.39, 0.29) is 15.6 Å². The Bertz CT molecular complexity index is 762. The number of carbonyl (C=O) groups excluding carboxylic acids is 1. The van der Waals surface area contributed by atoms with Crippen molar-refractivity contribution in [3.63, 3.8) is 0 Å². The average molecular weight is 418 g/mol. The number of sulfonamides is 1. The van der Waals surface area contributed by atoms with Crippen molar-refractivity contribution < 1.29 is 22.7 Å². The van der Waals surface area contributed by atoms with Gasteiger partial charge in [0, 0.05) is 32.8 Å². The van der Waals surface area contributed by atoms with Gasteiger partial charge >= 0.3 is 6.03 Å². The van der Waals surface area contributed by atoms with Crippen molar-refractivity contribution in [1.82, 2.24) is 9.62 Å². The van der Waals surface area contributed by atoms with E-state index in [0.717, 1.165) is 12.8 Å². The topological polar surface area (TPSA) is 97.0 Å². The summed E-state index contributed by atoms with van der Waals surface area (Å²) in [7, 11) is -3.66. The second-order valence-electron chi connectivity index (χ2n) is 6.55. The molecule has 8 nitrogen and oxygen atoms in total. The molecule has 0 atom stereocenters. The second kappa shape index (κ2) is 9.20. The molecule has 0 aliphatic carbocycles. The summed E-state index contributed by atoms with van der Waals surface area (Å²) in [4.78, 5) is 12.3. The summed E-state index contributed by atoms with van der Waals surface area (Å²) in [6, 6.07) is 3.90. The summed E-state index contributed by atoms with van der Waals surface area (Å²) in [5, 5.41) is 5.73. The first-order chi connectivity index (χ1) is 13.0. The van der Waals surface area contributed by atoms with Crippen molar-refractivity contribution in [2.75, 3.05) is 51.4 Å². The SMILES string of the molecule is O=C(NCC1CCOCC1)Nc1cc(S(=O)(=O)N2CCOCC2)ccc1Cl. The van der Waals surface area contributed by atoms with Crippen molar-refractivity contribution in [2.45, 2.75) is 17.7 Å². The zero-order chi connectivity index (χ0) is 19.3. The molecule has 3 rings (SSSR count). The van der Waals surface area contributed by atoms with Crippen molar-refractivity contribution in [1.29, 1.82) is 0 Å². The van der Waals surface area contributed by atoms with Crippen LogP contribution in [0.2, 0.25) is 5.02 Å². The Balaban J connectivity index is 1.64. The normalized spacial score (nSPS) is 19.6. The van der Waals surface area contributed by atoms with Gasteiger partial charge in [-0.3, -0.25) is 0 Å². The van der Waals surface area contributed by atoms with Gasteiger partial charge in [0.1, 0.15) is 0 Å². The maximum Gasteiger partial charge on any atom is 0.319 e. The van der Waals surface area contributed by atoms with E-state index in [4.69, 9.17) is 21.1 Å². The molecule has 0 spiro atoms. The van der Waals surface area contributed by atoms with Gasteiger partial charge in [0.2, 0.25) is 10.0 Å². The van der Waals surface area contributed by atoms with Crippen LogP contribution in [-0.4, -0.2) is 64.8 Å². The van der Waals surface area contributed by atoms with Gasteiger partial charge < -0.3 is 20.1 Å². The van der Waals surface area contributed by atoms with Crippen LogP contribution < -0.4 is 10.6 Å². The zero-order valence-electron chi connectivity index (χ0n) is 14.9. The first-order valence-corrected chi connectivity index (χ1v) is 10.8. The predicted molar refractivity (Wildman–Crippen MR) is 102 cm³/mol. The van der Waals surface area contributed by atoms with Gasteiger partial charge in [0.05, 0.1) is 28.8 Å².